The first kappa shape index (κ1) is 17.5. The summed E-state index contributed by atoms with van der Waals surface area (Å²) < 4.78 is 0. The van der Waals surface area contributed by atoms with Crippen molar-refractivity contribution < 1.29 is 14.4 Å². The summed E-state index contributed by atoms with van der Waals surface area (Å²) in [7, 11) is 0. The number of benzene rings is 1. The number of fused-ring (bicyclic) bond motifs is 1. The Morgan fingerprint density at radius 1 is 1.16 bits per heavy atom. The number of para-hydroxylation sites is 1. The first-order valence-corrected chi connectivity index (χ1v) is 9.07. The summed E-state index contributed by atoms with van der Waals surface area (Å²) >= 11 is 0. The van der Waals surface area contributed by atoms with Gasteiger partial charge in [0.2, 0.25) is 17.7 Å². The fourth-order valence-corrected chi connectivity index (χ4v) is 3.47. The molecular formula is C19H25N3O3. The van der Waals surface area contributed by atoms with Gasteiger partial charge in [0, 0.05) is 44.1 Å². The van der Waals surface area contributed by atoms with Gasteiger partial charge in [0.05, 0.1) is 0 Å². The van der Waals surface area contributed by atoms with Gasteiger partial charge in [-0.05, 0) is 37.3 Å². The number of nitrogens with one attached hydrogen (secondary N) is 2. The predicted octanol–water partition coefficient (Wildman–Crippen LogP) is 1.71. The van der Waals surface area contributed by atoms with Crippen LogP contribution in [0.3, 0.4) is 0 Å². The smallest absolute Gasteiger partial charge is 0.227 e. The number of likely N-dealkylation sites (tertiary alicyclic amines) is 1. The Balaban J connectivity index is 1.37. The second kappa shape index (κ2) is 8.14. The van der Waals surface area contributed by atoms with E-state index in [9.17, 15) is 14.4 Å². The molecule has 0 saturated carbocycles. The van der Waals surface area contributed by atoms with E-state index >= 15 is 0 Å². The molecule has 6 heteroatoms. The van der Waals surface area contributed by atoms with Gasteiger partial charge in [-0.1, -0.05) is 18.2 Å². The van der Waals surface area contributed by atoms with Gasteiger partial charge in [-0.2, -0.15) is 0 Å². The van der Waals surface area contributed by atoms with Crippen LogP contribution in [-0.2, 0) is 20.8 Å². The highest BCUT2D eigenvalue weighted by molar-refractivity contribution is 5.96. The number of carbonyl (C=O) groups excluding carboxylic acids is 3. The Bertz CT molecular complexity index is 653. The van der Waals surface area contributed by atoms with E-state index in [2.05, 4.69) is 10.6 Å². The molecule has 0 spiro atoms. The SMILES string of the molecule is O=C(CCC1Cc2ccccc2NC1=O)NCCC(=O)N1CCCC1. The number of amides is 3. The van der Waals surface area contributed by atoms with Crippen LogP contribution in [0, 0.1) is 5.92 Å². The zero-order valence-corrected chi connectivity index (χ0v) is 14.4. The van der Waals surface area contributed by atoms with Crippen molar-refractivity contribution in [1.82, 2.24) is 10.2 Å². The van der Waals surface area contributed by atoms with Crippen LogP contribution in [0.25, 0.3) is 0 Å². The normalized spacial score (nSPS) is 19.3. The van der Waals surface area contributed by atoms with Crippen molar-refractivity contribution in [2.75, 3.05) is 25.0 Å². The Kier molecular flexibility index (Phi) is 5.68. The summed E-state index contributed by atoms with van der Waals surface area (Å²) in [6.45, 7) is 2.05. The molecule has 1 unspecified atom stereocenters. The maximum atomic E-state index is 12.1. The molecule has 2 heterocycles. The molecule has 2 N–H and O–H groups in total. The third kappa shape index (κ3) is 4.59. The number of hydrogen-bond donors (Lipinski definition) is 2. The Morgan fingerprint density at radius 2 is 1.92 bits per heavy atom. The number of carbonyl (C=O) groups is 3. The Hall–Kier alpha value is -2.37. The topological polar surface area (TPSA) is 78.5 Å². The van der Waals surface area contributed by atoms with Crippen molar-refractivity contribution in [2.24, 2.45) is 5.92 Å². The first-order chi connectivity index (χ1) is 12.1. The van der Waals surface area contributed by atoms with Gasteiger partial charge in [0.25, 0.3) is 0 Å². The maximum Gasteiger partial charge on any atom is 0.227 e. The third-order valence-corrected chi connectivity index (χ3v) is 4.95. The lowest BCUT2D eigenvalue weighted by Crippen LogP contribution is -2.34. The van der Waals surface area contributed by atoms with E-state index in [1.54, 1.807) is 0 Å². The number of hydrogen-bond acceptors (Lipinski definition) is 3. The van der Waals surface area contributed by atoms with Crippen LogP contribution in [-0.4, -0.2) is 42.3 Å². The molecule has 3 amide bonds. The van der Waals surface area contributed by atoms with Crippen LogP contribution >= 0.6 is 0 Å². The molecule has 1 atom stereocenters. The lowest BCUT2D eigenvalue weighted by Gasteiger charge is -2.24. The summed E-state index contributed by atoms with van der Waals surface area (Å²) in [6, 6.07) is 7.76. The molecule has 1 saturated heterocycles. The highest BCUT2D eigenvalue weighted by Crippen LogP contribution is 2.27. The quantitative estimate of drug-likeness (QED) is 0.825. The van der Waals surface area contributed by atoms with Crippen LogP contribution in [0.4, 0.5) is 5.69 Å². The van der Waals surface area contributed by atoms with E-state index in [1.165, 1.54) is 0 Å². The Morgan fingerprint density at radius 3 is 2.72 bits per heavy atom. The molecule has 25 heavy (non-hydrogen) atoms. The van der Waals surface area contributed by atoms with Gasteiger partial charge < -0.3 is 15.5 Å². The van der Waals surface area contributed by atoms with E-state index in [1.807, 2.05) is 29.2 Å². The van der Waals surface area contributed by atoms with Crippen molar-refractivity contribution in [3.63, 3.8) is 0 Å². The zero-order chi connectivity index (χ0) is 17.6. The minimum absolute atomic E-state index is 0.0179. The minimum Gasteiger partial charge on any atom is -0.356 e. The molecule has 0 radical (unpaired) electrons. The molecule has 0 aromatic heterocycles. The van der Waals surface area contributed by atoms with E-state index in [4.69, 9.17) is 0 Å². The highest BCUT2D eigenvalue weighted by atomic mass is 16.2. The second-order valence-corrected chi connectivity index (χ2v) is 6.77. The van der Waals surface area contributed by atoms with E-state index < -0.39 is 0 Å². The monoisotopic (exact) mass is 343 g/mol. The van der Waals surface area contributed by atoms with Crippen molar-refractivity contribution in [1.29, 1.82) is 0 Å². The molecule has 1 fully saturated rings. The Labute approximate surface area is 148 Å². The highest BCUT2D eigenvalue weighted by Gasteiger charge is 2.26. The molecule has 6 nitrogen and oxygen atoms in total. The predicted molar refractivity (Wildman–Crippen MR) is 94.9 cm³/mol. The summed E-state index contributed by atoms with van der Waals surface area (Å²) in [4.78, 5) is 37.9. The van der Waals surface area contributed by atoms with Crippen LogP contribution in [0.2, 0.25) is 0 Å². The summed E-state index contributed by atoms with van der Waals surface area (Å²) in [5.74, 6) is -0.176. The number of nitrogens with zero attached hydrogens (tertiary/aromatic N) is 1. The first-order valence-electron chi connectivity index (χ1n) is 9.07. The van der Waals surface area contributed by atoms with Gasteiger partial charge in [-0.25, -0.2) is 0 Å². The molecule has 134 valence electrons. The lowest BCUT2D eigenvalue weighted by molar-refractivity contribution is -0.130. The summed E-state index contributed by atoms with van der Waals surface area (Å²) in [6.07, 6.45) is 3.99. The van der Waals surface area contributed by atoms with E-state index in [-0.39, 0.29) is 23.6 Å². The summed E-state index contributed by atoms with van der Waals surface area (Å²) in [5.41, 5.74) is 1.98. The van der Waals surface area contributed by atoms with Crippen molar-refractivity contribution in [3.05, 3.63) is 29.8 Å². The zero-order valence-electron chi connectivity index (χ0n) is 14.4. The molecular weight excluding hydrogens is 318 g/mol. The molecule has 3 rings (SSSR count). The summed E-state index contributed by atoms with van der Waals surface area (Å²) in [5, 5.41) is 5.69. The van der Waals surface area contributed by atoms with Crippen LogP contribution in [0.15, 0.2) is 24.3 Å². The largest absolute Gasteiger partial charge is 0.356 e. The molecule has 1 aromatic rings. The van der Waals surface area contributed by atoms with Gasteiger partial charge in [0.15, 0.2) is 0 Å². The van der Waals surface area contributed by atoms with E-state index in [0.29, 0.717) is 32.2 Å². The van der Waals surface area contributed by atoms with Crippen molar-refractivity contribution in [3.8, 4) is 0 Å². The molecule has 0 aliphatic carbocycles. The van der Waals surface area contributed by atoms with Gasteiger partial charge >= 0.3 is 0 Å². The minimum atomic E-state index is -0.174. The maximum absolute atomic E-state index is 12.1. The average Bonchev–Trinajstić information content (AvgIpc) is 3.14. The average molecular weight is 343 g/mol. The lowest BCUT2D eigenvalue weighted by atomic mass is 9.89. The van der Waals surface area contributed by atoms with Crippen LogP contribution in [0.1, 0.15) is 37.7 Å². The molecule has 2 aliphatic heterocycles. The third-order valence-electron chi connectivity index (χ3n) is 4.95. The molecule has 2 aliphatic rings. The molecule has 1 aromatic carbocycles. The van der Waals surface area contributed by atoms with Crippen molar-refractivity contribution in [2.45, 2.75) is 38.5 Å². The standard InChI is InChI=1S/C19H25N3O3/c23-17(20-10-9-18(24)22-11-3-4-12-22)8-7-15-13-14-5-1-2-6-16(14)21-19(15)25/h1-2,5-6,15H,3-4,7-13H2,(H,20,23)(H,21,25). The van der Waals surface area contributed by atoms with Gasteiger partial charge in [0.1, 0.15) is 0 Å². The fourth-order valence-electron chi connectivity index (χ4n) is 3.47. The fraction of sp³-hybridized carbons (Fsp3) is 0.526. The molecule has 0 bridgehead atoms. The second-order valence-electron chi connectivity index (χ2n) is 6.77. The van der Waals surface area contributed by atoms with E-state index in [0.717, 1.165) is 37.2 Å². The van der Waals surface area contributed by atoms with Gasteiger partial charge in [-0.3, -0.25) is 14.4 Å². The number of anilines is 1. The van der Waals surface area contributed by atoms with Gasteiger partial charge in [-0.15, -0.1) is 0 Å². The van der Waals surface area contributed by atoms with Crippen LogP contribution in [0.5, 0.6) is 0 Å². The van der Waals surface area contributed by atoms with Crippen LogP contribution < -0.4 is 10.6 Å². The number of rotatable bonds is 6. The van der Waals surface area contributed by atoms with Crippen molar-refractivity contribution >= 4 is 23.4 Å².